The van der Waals surface area contributed by atoms with Gasteiger partial charge in [0.25, 0.3) is 0 Å². The number of nitrogens with two attached hydrogens (primary N) is 1. The lowest BCUT2D eigenvalue weighted by Crippen LogP contribution is -2.19. The molecule has 0 aliphatic carbocycles. The van der Waals surface area contributed by atoms with Gasteiger partial charge in [-0.3, -0.25) is 0 Å². The number of allylic oxidation sites excluding steroid dienone is 1. The molecule has 0 aromatic heterocycles. The summed E-state index contributed by atoms with van der Waals surface area (Å²) in [4.78, 5) is 0. The average molecular weight is 226 g/mol. The predicted molar refractivity (Wildman–Crippen MR) is 54.6 cm³/mol. The number of dihydropyridines is 1. The van der Waals surface area contributed by atoms with Gasteiger partial charge in [0.15, 0.2) is 17.5 Å². The fraction of sp³-hybridized carbons (Fsp3) is 0.0909. The van der Waals surface area contributed by atoms with Gasteiger partial charge in [0.05, 0.1) is 0 Å². The fourth-order valence-corrected chi connectivity index (χ4v) is 1.52. The molecule has 1 aliphatic heterocycles. The second kappa shape index (κ2) is 3.92. The summed E-state index contributed by atoms with van der Waals surface area (Å²) in [6, 6.07) is 2.06. The zero-order valence-electron chi connectivity index (χ0n) is 8.23. The highest BCUT2D eigenvalue weighted by Gasteiger charge is 2.18. The summed E-state index contributed by atoms with van der Waals surface area (Å²) in [6.07, 6.45) is 3.15. The number of halogens is 3. The lowest BCUT2D eigenvalue weighted by Gasteiger charge is -2.15. The maximum Gasteiger partial charge on any atom is 0.195 e. The molecule has 0 amide bonds. The van der Waals surface area contributed by atoms with Crippen LogP contribution in [-0.4, -0.2) is 6.54 Å². The molecule has 0 radical (unpaired) electrons. The summed E-state index contributed by atoms with van der Waals surface area (Å²) >= 11 is 0. The van der Waals surface area contributed by atoms with Crippen molar-refractivity contribution in [1.82, 2.24) is 5.32 Å². The van der Waals surface area contributed by atoms with E-state index in [0.29, 0.717) is 11.3 Å². The lowest BCUT2D eigenvalue weighted by atomic mass is 10.0. The van der Waals surface area contributed by atoms with Crippen LogP contribution in [0.1, 0.15) is 5.56 Å². The van der Waals surface area contributed by atoms with Crippen molar-refractivity contribution in [2.75, 3.05) is 6.54 Å². The highest BCUT2D eigenvalue weighted by molar-refractivity contribution is 5.73. The molecule has 1 aromatic carbocycles. The van der Waals surface area contributed by atoms with Crippen molar-refractivity contribution in [3.63, 3.8) is 0 Å². The Balaban J connectivity index is 2.57. The van der Waals surface area contributed by atoms with E-state index in [4.69, 9.17) is 5.73 Å². The minimum Gasteiger partial charge on any atom is -0.398 e. The van der Waals surface area contributed by atoms with Crippen LogP contribution in [0.15, 0.2) is 30.1 Å². The highest BCUT2D eigenvalue weighted by atomic mass is 19.2. The van der Waals surface area contributed by atoms with Gasteiger partial charge in [-0.05, 0) is 24.4 Å². The number of rotatable bonds is 1. The molecule has 5 heteroatoms. The van der Waals surface area contributed by atoms with Gasteiger partial charge in [-0.15, -0.1) is 0 Å². The van der Waals surface area contributed by atoms with Crippen LogP contribution in [0.2, 0.25) is 0 Å². The predicted octanol–water partition coefficient (Wildman–Crippen LogP) is 1.89. The summed E-state index contributed by atoms with van der Waals surface area (Å²) in [5.41, 5.74) is 6.37. The van der Waals surface area contributed by atoms with Crippen molar-refractivity contribution < 1.29 is 13.2 Å². The first-order valence-electron chi connectivity index (χ1n) is 4.63. The number of benzene rings is 1. The topological polar surface area (TPSA) is 38.0 Å². The standard InChI is InChI=1S/C11H9F3N2/c12-8-2-1-6(10(13)11(8)14)7-5-16-4-3-9(7)15/h1-4,16H,5,15H2. The van der Waals surface area contributed by atoms with Gasteiger partial charge in [-0.2, -0.15) is 0 Å². The van der Waals surface area contributed by atoms with E-state index in [1.54, 1.807) is 12.3 Å². The van der Waals surface area contributed by atoms with Crippen LogP contribution in [0, 0.1) is 17.5 Å². The van der Waals surface area contributed by atoms with Crippen LogP contribution in [0.5, 0.6) is 0 Å². The molecule has 0 bridgehead atoms. The molecule has 0 spiro atoms. The zero-order chi connectivity index (χ0) is 11.7. The third-order valence-corrected chi connectivity index (χ3v) is 2.37. The van der Waals surface area contributed by atoms with Crippen LogP contribution in [0.25, 0.3) is 5.57 Å². The van der Waals surface area contributed by atoms with Crippen molar-refractivity contribution >= 4 is 5.57 Å². The van der Waals surface area contributed by atoms with E-state index in [2.05, 4.69) is 5.32 Å². The SMILES string of the molecule is NC1=C(c2ccc(F)c(F)c2F)CNC=C1. The van der Waals surface area contributed by atoms with Crippen LogP contribution in [0.3, 0.4) is 0 Å². The Kier molecular flexibility index (Phi) is 2.60. The molecule has 0 saturated carbocycles. The average Bonchev–Trinajstić information content (AvgIpc) is 2.28. The normalized spacial score (nSPS) is 15.2. The van der Waals surface area contributed by atoms with E-state index < -0.39 is 17.5 Å². The molecule has 0 atom stereocenters. The van der Waals surface area contributed by atoms with E-state index in [-0.39, 0.29) is 12.1 Å². The van der Waals surface area contributed by atoms with Crippen LogP contribution < -0.4 is 11.1 Å². The van der Waals surface area contributed by atoms with Gasteiger partial charge in [0, 0.05) is 23.4 Å². The van der Waals surface area contributed by atoms with E-state index in [1.807, 2.05) is 0 Å². The summed E-state index contributed by atoms with van der Waals surface area (Å²) in [7, 11) is 0. The van der Waals surface area contributed by atoms with E-state index in [1.165, 1.54) is 6.07 Å². The molecule has 2 rings (SSSR count). The van der Waals surface area contributed by atoms with Crippen molar-refractivity contribution in [3.05, 3.63) is 53.1 Å². The molecule has 16 heavy (non-hydrogen) atoms. The van der Waals surface area contributed by atoms with Crippen LogP contribution in [-0.2, 0) is 0 Å². The Labute approximate surface area is 90.3 Å². The Morgan fingerprint density at radius 1 is 1.12 bits per heavy atom. The summed E-state index contributed by atoms with van der Waals surface area (Å²) in [5.74, 6) is -3.90. The first-order chi connectivity index (χ1) is 7.61. The van der Waals surface area contributed by atoms with Crippen LogP contribution >= 0.6 is 0 Å². The minimum atomic E-state index is -1.48. The maximum atomic E-state index is 13.5. The van der Waals surface area contributed by atoms with Gasteiger partial charge < -0.3 is 11.1 Å². The van der Waals surface area contributed by atoms with Gasteiger partial charge in [0.2, 0.25) is 0 Å². The first kappa shape index (κ1) is 10.6. The zero-order valence-corrected chi connectivity index (χ0v) is 8.23. The molecular weight excluding hydrogens is 217 g/mol. The van der Waals surface area contributed by atoms with Crippen molar-refractivity contribution in [2.45, 2.75) is 0 Å². The van der Waals surface area contributed by atoms with Gasteiger partial charge in [0.1, 0.15) is 0 Å². The van der Waals surface area contributed by atoms with E-state index in [0.717, 1.165) is 6.07 Å². The number of hydrogen-bond acceptors (Lipinski definition) is 2. The second-order valence-electron chi connectivity index (χ2n) is 3.37. The number of nitrogens with one attached hydrogen (secondary N) is 1. The minimum absolute atomic E-state index is 0.0201. The molecule has 0 fully saturated rings. The molecule has 1 aromatic rings. The summed E-state index contributed by atoms with van der Waals surface area (Å²) in [5, 5.41) is 2.82. The second-order valence-corrected chi connectivity index (χ2v) is 3.37. The molecule has 2 nitrogen and oxygen atoms in total. The van der Waals surface area contributed by atoms with E-state index >= 15 is 0 Å². The molecule has 0 unspecified atom stereocenters. The molecule has 1 heterocycles. The van der Waals surface area contributed by atoms with Crippen LogP contribution in [0.4, 0.5) is 13.2 Å². The first-order valence-corrected chi connectivity index (χ1v) is 4.63. The Morgan fingerprint density at radius 2 is 1.88 bits per heavy atom. The third kappa shape index (κ3) is 1.64. The highest BCUT2D eigenvalue weighted by Crippen LogP contribution is 2.24. The lowest BCUT2D eigenvalue weighted by molar-refractivity contribution is 0.445. The molecule has 3 N–H and O–H groups in total. The van der Waals surface area contributed by atoms with Gasteiger partial charge in [-0.1, -0.05) is 0 Å². The third-order valence-electron chi connectivity index (χ3n) is 2.37. The Bertz CT molecular complexity index is 492. The Hall–Kier alpha value is -1.91. The quantitative estimate of drug-likeness (QED) is 0.717. The Morgan fingerprint density at radius 3 is 2.56 bits per heavy atom. The number of hydrogen-bond donors (Lipinski definition) is 2. The molecule has 84 valence electrons. The summed E-state index contributed by atoms with van der Waals surface area (Å²) in [6.45, 7) is 0.282. The smallest absolute Gasteiger partial charge is 0.195 e. The van der Waals surface area contributed by atoms with E-state index in [9.17, 15) is 13.2 Å². The largest absolute Gasteiger partial charge is 0.398 e. The van der Waals surface area contributed by atoms with Crippen molar-refractivity contribution in [2.24, 2.45) is 5.73 Å². The monoisotopic (exact) mass is 226 g/mol. The molecule has 1 aliphatic rings. The van der Waals surface area contributed by atoms with Crippen molar-refractivity contribution in [3.8, 4) is 0 Å². The van der Waals surface area contributed by atoms with Crippen molar-refractivity contribution in [1.29, 1.82) is 0 Å². The summed E-state index contributed by atoms with van der Waals surface area (Å²) < 4.78 is 39.2. The fourth-order valence-electron chi connectivity index (χ4n) is 1.52. The molecule has 0 saturated heterocycles. The molecular formula is C11H9F3N2. The maximum absolute atomic E-state index is 13.5. The van der Waals surface area contributed by atoms with Gasteiger partial charge >= 0.3 is 0 Å². The van der Waals surface area contributed by atoms with Gasteiger partial charge in [-0.25, -0.2) is 13.2 Å².